The van der Waals surface area contributed by atoms with Crippen LogP contribution in [0.4, 0.5) is 23.2 Å². The van der Waals surface area contributed by atoms with Crippen molar-refractivity contribution in [3.05, 3.63) is 76.9 Å². The maximum atomic E-state index is 15.9. The summed E-state index contributed by atoms with van der Waals surface area (Å²) in [5, 5.41) is 0. The summed E-state index contributed by atoms with van der Waals surface area (Å²) in [6.07, 6.45) is 4.22. The molecule has 0 saturated carbocycles. The van der Waals surface area contributed by atoms with Crippen molar-refractivity contribution in [1.82, 2.24) is 9.80 Å². The number of rotatable bonds is 6. The van der Waals surface area contributed by atoms with Gasteiger partial charge >= 0.3 is 0 Å². The lowest BCUT2D eigenvalue weighted by atomic mass is 9.80. The van der Waals surface area contributed by atoms with Crippen LogP contribution in [-0.2, 0) is 6.42 Å². The topological polar surface area (TPSA) is 9.72 Å². The van der Waals surface area contributed by atoms with Crippen LogP contribution in [0.5, 0.6) is 0 Å². The Morgan fingerprint density at radius 2 is 1.79 bits per heavy atom. The number of aryl methyl sites for hydroxylation is 1. The summed E-state index contributed by atoms with van der Waals surface area (Å²) in [5.74, 6) is -1.33. The Hall–Kier alpha value is -2.38. The fraction of sp³-hybridized carbons (Fsp3) is 0.548. The van der Waals surface area contributed by atoms with E-state index in [4.69, 9.17) is 0 Å². The van der Waals surface area contributed by atoms with E-state index in [0.717, 1.165) is 69.5 Å². The van der Waals surface area contributed by atoms with Gasteiger partial charge < -0.3 is 4.90 Å². The predicted molar refractivity (Wildman–Crippen MR) is 145 cm³/mol. The molecule has 5 rings (SSSR count). The normalized spacial score (nSPS) is 26.7. The molecular weight excluding hydrogens is 490 g/mol. The summed E-state index contributed by atoms with van der Waals surface area (Å²) in [4.78, 5) is 6.10. The average Bonchev–Trinajstić information content (AvgIpc) is 3.17. The van der Waals surface area contributed by atoms with Crippen molar-refractivity contribution in [3.63, 3.8) is 0 Å². The summed E-state index contributed by atoms with van der Waals surface area (Å²) in [7, 11) is 0. The van der Waals surface area contributed by atoms with E-state index in [1.165, 1.54) is 12.1 Å². The van der Waals surface area contributed by atoms with Crippen LogP contribution in [-0.4, -0.2) is 61.5 Å². The monoisotopic (exact) mass is 529 g/mol. The number of nitrogens with zero attached hydrogens (tertiary/aromatic N) is 3. The van der Waals surface area contributed by atoms with Gasteiger partial charge in [-0.15, -0.1) is 6.58 Å². The molecule has 0 amide bonds. The third kappa shape index (κ3) is 5.37. The number of benzene rings is 2. The summed E-state index contributed by atoms with van der Waals surface area (Å²) in [6, 6.07) is 7.43. The van der Waals surface area contributed by atoms with E-state index >= 15 is 8.78 Å². The summed E-state index contributed by atoms with van der Waals surface area (Å²) in [6.45, 7) is 11.7. The molecule has 0 aliphatic carbocycles. The van der Waals surface area contributed by atoms with Crippen LogP contribution in [0.3, 0.4) is 0 Å². The lowest BCUT2D eigenvalue weighted by molar-refractivity contribution is 0.0445. The van der Waals surface area contributed by atoms with E-state index in [1.54, 1.807) is 4.90 Å². The van der Waals surface area contributed by atoms with E-state index in [-0.39, 0.29) is 17.0 Å². The van der Waals surface area contributed by atoms with Gasteiger partial charge in [0.15, 0.2) is 0 Å². The molecule has 0 bridgehead atoms. The highest BCUT2D eigenvalue weighted by Gasteiger charge is 2.41. The largest absolute Gasteiger partial charge is 0.371 e. The molecule has 2 saturated heterocycles. The molecule has 2 aromatic carbocycles. The molecule has 3 nitrogen and oxygen atoms in total. The lowest BCUT2D eigenvalue weighted by Crippen LogP contribution is -2.45. The zero-order valence-electron chi connectivity index (χ0n) is 22.5. The van der Waals surface area contributed by atoms with Crippen molar-refractivity contribution in [2.45, 2.75) is 64.5 Å². The molecule has 1 spiro atoms. The molecule has 7 heteroatoms. The van der Waals surface area contributed by atoms with Crippen LogP contribution < -0.4 is 4.90 Å². The molecule has 2 unspecified atom stereocenters. The number of hydrogen-bond donors (Lipinski definition) is 0. The second-order valence-electron chi connectivity index (χ2n) is 11.7. The van der Waals surface area contributed by atoms with Gasteiger partial charge in [-0.2, -0.15) is 0 Å². The van der Waals surface area contributed by atoms with Gasteiger partial charge in [-0.1, -0.05) is 29.8 Å². The summed E-state index contributed by atoms with van der Waals surface area (Å²) in [5.41, 5.74) is 3.29. The zero-order chi connectivity index (χ0) is 27.0. The first-order valence-electron chi connectivity index (χ1n) is 13.9. The standard InChI is InChI=1S/C31H39F4N3/c1-4-11-36-12-5-8-31(9-13-36)10-14-37(20-31)24-17-26(32)29(27(33)18-24)30-25-7-6-21(2)15-23(25)16-22(3)38(30)19-28(34)35/h4,6-7,15,17-18,22,28,30H,1,5,8-14,16,19-20H2,2-3H3/t22-,30?,31?/m1/s1. The smallest absolute Gasteiger partial charge is 0.251 e. The van der Waals surface area contributed by atoms with Gasteiger partial charge in [-0.3, -0.25) is 9.80 Å². The second kappa shape index (κ2) is 11.0. The van der Waals surface area contributed by atoms with Crippen LogP contribution in [0.15, 0.2) is 43.0 Å². The van der Waals surface area contributed by atoms with E-state index in [9.17, 15) is 8.78 Å². The average molecular weight is 530 g/mol. The molecule has 38 heavy (non-hydrogen) atoms. The van der Waals surface area contributed by atoms with E-state index in [2.05, 4.69) is 16.4 Å². The molecule has 2 aromatic rings. The second-order valence-corrected chi connectivity index (χ2v) is 11.7. The molecular formula is C31H39F4N3. The summed E-state index contributed by atoms with van der Waals surface area (Å²) < 4.78 is 59.0. The molecule has 3 aliphatic heterocycles. The Bertz CT molecular complexity index is 1140. The number of fused-ring (bicyclic) bond motifs is 1. The Balaban J connectivity index is 1.44. The van der Waals surface area contributed by atoms with Gasteiger partial charge in [0.05, 0.1) is 12.6 Å². The van der Waals surface area contributed by atoms with Gasteiger partial charge in [0.25, 0.3) is 6.43 Å². The zero-order valence-corrected chi connectivity index (χ0v) is 22.5. The van der Waals surface area contributed by atoms with E-state index in [0.29, 0.717) is 17.7 Å². The molecule has 3 aliphatic rings. The van der Waals surface area contributed by atoms with Gasteiger partial charge in [0.1, 0.15) is 11.6 Å². The van der Waals surface area contributed by atoms with Gasteiger partial charge in [0.2, 0.25) is 0 Å². The van der Waals surface area contributed by atoms with Crippen LogP contribution in [0.1, 0.15) is 60.9 Å². The molecule has 0 N–H and O–H groups in total. The van der Waals surface area contributed by atoms with Crippen LogP contribution >= 0.6 is 0 Å². The van der Waals surface area contributed by atoms with Crippen LogP contribution in [0.25, 0.3) is 0 Å². The number of halogens is 4. The number of likely N-dealkylation sites (tertiary alicyclic amines) is 1. The Labute approximate surface area is 224 Å². The van der Waals surface area contributed by atoms with Crippen molar-refractivity contribution >= 4 is 5.69 Å². The Morgan fingerprint density at radius 1 is 1.05 bits per heavy atom. The molecule has 206 valence electrons. The highest BCUT2D eigenvalue weighted by Crippen LogP contribution is 2.44. The van der Waals surface area contributed by atoms with Gasteiger partial charge in [-0.05, 0) is 87.7 Å². The molecule has 3 atom stereocenters. The van der Waals surface area contributed by atoms with Crippen LogP contribution in [0, 0.1) is 24.0 Å². The highest BCUT2D eigenvalue weighted by molar-refractivity contribution is 5.53. The fourth-order valence-electron chi connectivity index (χ4n) is 7.07. The van der Waals surface area contributed by atoms with Gasteiger partial charge in [-0.25, -0.2) is 17.6 Å². The number of anilines is 1. The Kier molecular flexibility index (Phi) is 7.88. The van der Waals surface area contributed by atoms with Crippen molar-refractivity contribution in [1.29, 1.82) is 0 Å². The SMILES string of the molecule is C=CCN1CCCC2(CC1)CCN(c1cc(F)c(C3c4ccc(C)cc4C[C@@H](C)N3CC(F)F)c(F)c1)C2. The molecule has 0 radical (unpaired) electrons. The third-order valence-corrected chi connectivity index (χ3v) is 9.02. The minimum absolute atomic E-state index is 0.130. The fourth-order valence-corrected chi connectivity index (χ4v) is 7.07. The molecule has 3 heterocycles. The van der Waals surface area contributed by atoms with E-state index in [1.807, 2.05) is 38.1 Å². The van der Waals surface area contributed by atoms with Gasteiger partial charge in [0, 0.05) is 36.9 Å². The minimum Gasteiger partial charge on any atom is -0.371 e. The third-order valence-electron chi connectivity index (χ3n) is 9.02. The van der Waals surface area contributed by atoms with Crippen molar-refractivity contribution in [2.24, 2.45) is 5.41 Å². The van der Waals surface area contributed by atoms with Crippen molar-refractivity contribution < 1.29 is 17.6 Å². The molecule has 2 fully saturated rings. The first-order chi connectivity index (χ1) is 18.2. The first kappa shape index (κ1) is 27.2. The quantitative estimate of drug-likeness (QED) is 0.303. The summed E-state index contributed by atoms with van der Waals surface area (Å²) >= 11 is 0. The predicted octanol–water partition coefficient (Wildman–Crippen LogP) is 6.74. The number of alkyl halides is 2. The van der Waals surface area contributed by atoms with Crippen molar-refractivity contribution in [3.8, 4) is 0 Å². The van der Waals surface area contributed by atoms with Crippen LogP contribution in [0.2, 0.25) is 0 Å². The minimum atomic E-state index is -2.60. The van der Waals surface area contributed by atoms with E-state index < -0.39 is 30.6 Å². The number of hydrogen-bond acceptors (Lipinski definition) is 3. The first-order valence-corrected chi connectivity index (χ1v) is 13.9. The maximum absolute atomic E-state index is 15.9. The Morgan fingerprint density at radius 3 is 2.50 bits per heavy atom. The molecule has 0 aromatic heterocycles. The van der Waals surface area contributed by atoms with Crippen molar-refractivity contribution in [2.75, 3.05) is 44.2 Å². The highest BCUT2D eigenvalue weighted by atomic mass is 19.3. The lowest BCUT2D eigenvalue weighted by Gasteiger charge is -2.42. The maximum Gasteiger partial charge on any atom is 0.251 e.